The molecule has 14 rings (SSSR count). The summed E-state index contributed by atoms with van der Waals surface area (Å²) < 4.78 is 0. The van der Waals surface area contributed by atoms with Gasteiger partial charge in [-0.15, -0.1) is 0 Å². The zero-order valence-electron chi connectivity index (χ0n) is 52.2. The second-order valence-electron chi connectivity index (χ2n) is 28.3. The molecule has 4 heterocycles. The summed E-state index contributed by atoms with van der Waals surface area (Å²) >= 11 is 0. The molecule has 4 aliphatic heterocycles. The third-order valence-electron chi connectivity index (χ3n) is 22.0. The van der Waals surface area contributed by atoms with Crippen molar-refractivity contribution < 1.29 is 0 Å². The van der Waals surface area contributed by atoms with Crippen LogP contribution in [0.25, 0.3) is 0 Å². The van der Waals surface area contributed by atoms with E-state index in [1.165, 1.54) is 113 Å². The van der Waals surface area contributed by atoms with Gasteiger partial charge in [-0.05, 0) is 169 Å². The zero-order chi connectivity index (χ0) is 59.4. The van der Waals surface area contributed by atoms with Gasteiger partial charge in [-0.1, -0.05) is 230 Å². The molecule has 0 unspecified atom stereocenters. The molecule has 0 fully saturated rings. The van der Waals surface area contributed by atoms with Gasteiger partial charge in [0.1, 0.15) is 0 Å². The molecule has 10 aromatic rings. The van der Waals surface area contributed by atoms with E-state index in [-0.39, 0.29) is 37.9 Å². The maximum atomic E-state index is 2.54. The van der Waals surface area contributed by atoms with E-state index in [0.717, 1.165) is 11.4 Å². The highest BCUT2D eigenvalue weighted by Crippen LogP contribution is 2.62. The molecule has 85 heavy (non-hydrogen) atoms. The van der Waals surface area contributed by atoms with Gasteiger partial charge in [-0.3, -0.25) is 0 Å². The van der Waals surface area contributed by atoms with Gasteiger partial charge in [0.25, 0.3) is 0 Å². The van der Waals surface area contributed by atoms with Crippen molar-refractivity contribution in [3.63, 3.8) is 0 Å². The van der Waals surface area contributed by atoms with E-state index < -0.39 is 0 Å². The molecule has 0 aliphatic carbocycles. The summed E-state index contributed by atoms with van der Waals surface area (Å²) in [4.78, 5) is 10.1. The standard InChI is InChI=1S/C81H80N4/c1-75(2)59-33-21-25-37-67(59)82(55-29-17-15-18-30-55)71-49-65-73(51-63(71)75)84(69-39-27-23-35-61(69)77(65,5)6)57-45-41-53(42-46-57)79(9,10)81(13,14)80(11,12)54-43-47-58(48-44-54)85-70-40-28-24-36-62(70)78(7,8)66-50-72-64(52-74(66)85)76(3,4)60-34-22-26-38-68(60)83(72)56-31-19-16-20-32-56/h15-52H,1-14H3. The molecule has 0 saturated carbocycles. The molecule has 4 nitrogen and oxygen atoms in total. The second-order valence-corrected chi connectivity index (χ2v) is 28.3. The first-order valence-corrected chi connectivity index (χ1v) is 30.8. The number of hydrogen-bond acceptors (Lipinski definition) is 4. The van der Waals surface area contributed by atoms with E-state index in [4.69, 9.17) is 0 Å². The number of hydrogen-bond donors (Lipinski definition) is 0. The number of benzene rings is 10. The van der Waals surface area contributed by atoms with Crippen LogP contribution in [-0.2, 0) is 32.5 Å². The Bertz CT molecular complexity index is 4000. The zero-order valence-corrected chi connectivity index (χ0v) is 52.2. The monoisotopic (exact) mass is 1110 g/mol. The first-order chi connectivity index (χ1) is 40.5. The van der Waals surface area contributed by atoms with Crippen LogP contribution in [-0.4, -0.2) is 0 Å². The van der Waals surface area contributed by atoms with Crippen molar-refractivity contribution in [3.05, 3.63) is 286 Å². The number of rotatable bonds is 8. The molecular formula is C81H80N4. The SMILES string of the molecule is CC1(C)c2ccccc2N(c2ccccc2)c2cc3c(cc21)N(c1ccc(C(C)(C)C(C)(C)C(C)(C)c2ccc(N4c5ccccc5C(C)(C)c5cc6c(cc54)C(C)(C)c4ccccc4N6c4ccccc4)cc2)cc1)c1ccccc1C3(C)C. The highest BCUT2D eigenvalue weighted by Gasteiger charge is 2.51. The first-order valence-electron chi connectivity index (χ1n) is 30.8. The Morgan fingerprint density at radius 2 is 0.435 bits per heavy atom. The number of para-hydroxylation sites is 6. The van der Waals surface area contributed by atoms with E-state index in [9.17, 15) is 0 Å². The van der Waals surface area contributed by atoms with Crippen LogP contribution < -0.4 is 19.6 Å². The molecule has 0 N–H and O–H groups in total. The summed E-state index contributed by atoms with van der Waals surface area (Å²) in [6.07, 6.45) is 0. The Balaban J connectivity index is 0.820. The first kappa shape index (κ1) is 54.3. The van der Waals surface area contributed by atoms with Gasteiger partial charge in [-0.25, -0.2) is 0 Å². The van der Waals surface area contributed by atoms with E-state index in [0.29, 0.717) is 0 Å². The van der Waals surface area contributed by atoms with Crippen LogP contribution >= 0.6 is 0 Å². The predicted molar refractivity (Wildman–Crippen MR) is 360 cm³/mol. The molecule has 0 atom stereocenters. The topological polar surface area (TPSA) is 13.0 Å². The van der Waals surface area contributed by atoms with Gasteiger partial charge in [-0.2, -0.15) is 0 Å². The Labute approximate surface area is 506 Å². The molecule has 0 amide bonds. The smallest absolute Gasteiger partial charge is 0.0507 e. The lowest BCUT2D eigenvalue weighted by Crippen LogP contribution is -2.49. The Morgan fingerprint density at radius 1 is 0.224 bits per heavy atom. The average Bonchev–Trinajstić information content (AvgIpc) is 1.70. The van der Waals surface area contributed by atoms with Gasteiger partial charge in [0.2, 0.25) is 0 Å². The average molecular weight is 1110 g/mol. The molecule has 0 saturated heterocycles. The summed E-state index contributed by atoms with van der Waals surface area (Å²) in [5, 5.41) is 0. The van der Waals surface area contributed by atoms with E-state index in [1.54, 1.807) is 0 Å². The quantitative estimate of drug-likeness (QED) is 0.150. The molecule has 4 aliphatic rings. The van der Waals surface area contributed by atoms with Crippen LogP contribution in [0, 0.1) is 5.41 Å². The molecular weight excluding hydrogens is 1030 g/mol. The van der Waals surface area contributed by atoms with Gasteiger partial charge in [0.15, 0.2) is 0 Å². The lowest BCUT2D eigenvalue weighted by atomic mass is 9.51. The van der Waals surface area contributed by atoms with Gasteiger partial charge in [0, 0.05) is 44.4 Å². The van der Waals surface area contributed by atoms with Crippen molar-refractivity contribution in [2.24, 2.45) is 5.41 Å². The lowest BCUT2D eigenvalue weighted by molar-refractivity contribution is 0.0917. The summed E-state index contributed by atoms with van der Waals surface area (Å²) in [6, 6.07) is 87.2. The van der Waals surface area contributed by atoms with Crippen molar-refractivity contribution in [2.45, 2.75) is 129 Å². The molecule has 10 aromatic carbocycles. The van der Waals surface area contributed by atoms with Gasteiger partial charge >= 0.3 is 0 Å². The molecule has 0 spiro atoms. The Kier molecular flexibility index (Phi) is 12.0. The number of fused-ring (bicyclic) bond motifs is 8. The van der Waals surface area contributed by atoms with Crippen LogP contribution in [0.1, 0.15) is 153 Å². The van der Waals surface area contributed by atoms with Gasteiger partial charge < -0.3 is 19.6 Å². The minimum absolute atomic E-state index is 0.205. The van der Waals surface area contributed by atoms with Crippen molar-refractivity contribution in [3.8, 4) is 0 Å². The van der Waals surface area contributed by atoms with Crippen LogP contribution in [0.4, 0.5) is 68.2 Å². The molecule has 0 bridgehead atoms. The van der Waals surface area contributed by atoms with Crippen molar-refractivity contribution in [1.82, 2.24) is 0 Å². The highest BCUT2D eigenvalue weighted by molar-refractivity contribution is 5.95. The summed E-state index contributed by atoms with van der Waals surface area (Å²) in [7, 11) is 0. The fourth-order valence-electron chi connectivity index (χ4n) is 15.6. The molecule has 0 aromatic heterocycles. The lowest BCUT2D eigenvalue weighted by Gasteiger charge is -2.53. The third kappa shape index (κ3) is 7.72. The maximum absolute atomic E-state index is 2.54. The number of anilines is 12. The highest BCUT2D eigenvalue weighted by atomic mass is 15.2. The van der Waals surface area contributed by atoms with Crippen molar-refractivity contribution >= 4 is 68.2 Å². The van der Waals surface area contributed by atoms with Crippen LogP contribution in [0.15, 0.2) is 231 Å². The predicted octanol–water partition coefficient (Wildman–Crippen LogP) is 22.4. The number of nitrogens with zero attached hydrogens (tertiary/aromatic N) is 4. The van der Waals surface area contributed by atoms with Crippen LogP contribution in [0.3, 0.4) is 0 Å². The maximum Gasteiger partial charge on any atom is 0.0507 e. The van der Waals surface area contributed by atoms with E-state index >= 15 is 0 Å². The largest absolute Gasteiger partial charge is 0.310 e. The fourth-order valence-corrected chi connectivity index (χ4v) is 15.6. The van der Waals surface area contributed by atoms with Crippen LogP contribution in [0.2, 0.25) is 0 Å². The minimum Gasteiger partial charge on any atom is -0.310 e. The van der Waals surface area contributed by atoms with Gasteiger partial charge in [0.05, 0.1) is 45.5 Å². The normalized spacial score (nSPS) is 16.6. The molecule has 424 valence electrons. The fraction of sp³-hybridized carbons (Fsp3) is 0.259. The molecule has 0 radical (unpaired) electrons. The van der Waals surface area contributed by atoms with E-state index in [2.05, 4.69) is 347 Å². The van der Waals surface area contributed by atoms with Crippen molar-refractivity contribution in [1.29, 1.82) is 0 Å². The van der Waals surface area contributed by atoms with Crippen molar-refractivity contribution in [2.75, 3.05) is 19.6 Å². The van der Waals surface area contributed by atoms with Crippen LogP contribution in [0.5, 0.6) is 0 Å². The minimum atomic E-state index is -0.258. The van der Waals surface area contributed by atoms with E-state index in [1.807, 2.05) is 0 Å². The third-order valence-corrected chi connectivity index (χ3v) is 22.0. The Hall–Kier alpha value is -8.60. The summed E-state index contributed by atoms with van der Waals surface area (Å²) in [6.45, 7) is 34.0. The summed E-state index contributed by atoms with van der Waals surface area (Å²) in [5.74, 6) is 0. The second kappa shape index (κ2) is 18.7. The molecule has 4 heteroatoms. The summed E-state index contributed by atoms with van der Waals surface area (Å²) in [5.41, 5.74) is 26.1. The Morgan fingerprint density at radius 3 is 0.682 bits per heavy atom.